The molecule has 0 unspecified atom stereocenters. The van der Waals surface area contributed by atoms with Crippen LogP contribution in [0, 0.1) is 34.5 Å². The highest BCUT2D eigenvalue weighted by atomic mass is 16.3. The van der Waals surface area contributed by atoms with Crippen molar-refractivity contribution in [3.8, 4) is 0 Å². The monoisotopic (exact) mass is 318 g/mol. The largest absolute Gasteiger partial charge is 0.515 e. The summed E-state index contributed by atoms with van der Waals surface area (Å²) in [6, 6.07) is 0. The van der Waals surface area contributed by atoms with Crippen LogP contribution >= 0.6 is 0 Å². The Bertz CT molecular complexity index is 553. The zero-order valence-corrected chi connectivity index (χ0v) is 14.4. The van der Waals surface area contributed by atoms with Crippen LogP contribution in [0.1, 0.15) is 65.2 Å². The van der Waals surface area contributed by atoms with Crippen molar-refractivity contribution in [2.24, 2.45) is 34.5 Å². The van der Waals surface area contributed by atoms with E-state index in [1.54, 1.807) is 0 Å². The highest BCUT2D eigenvalue weighted by molar-refractivity contribution is 5.96. The smallest absolute Gasteiger partial charge is 0.162 e. The van der Waals surface area contributed by atoms with Crippen molar-refractivity contribution in [2.75, 3.05) is 0 Å². The van der Waals surface area contributed by atoms with Crippen molar-refractivity contribution in [1.29, 1.82) is 0 Å². The first-order valence-electron chi connectivity index (χ1n) is 9.44. The van der Waals surface area contributed by atoms with Crippen LogP contribution < -0.4 is 0 Å². The van der Waals surface area contributed by atoms with Gasteiger partial charge in [0.05, 0.1) is 12.4 Å². The van der Waals surface area contributed by atoms with Gasteiger partial charge in [-0.2, -0.15) is 0 Å². The molecule has 0 aromatic carbocycles. The average molecular weight is 318 g/mol. The lowest BCUT2D eigenvalue weighted by atomic mass is 9.45. The Labute approximate surface area is 139 Å². The molecule has 4 saturated carbocycles. The molecule has 0 amide bonds. The van der Waals surface area contributed by atoms with Gasteiger partial charge in [-0.3, -0.25) is 4.79 Å². The van der Waals surface area contributed by atoms with Crippen LogP contribution in [0.2, 0.25) is 0 Å². The van der Waals surface area contributed by atoms with E-state index in [-0.39, 0.29) is 22.7 Å². The van der Waals surface area contributed by atoms with Crippen LogP contribution in [0.4, 0.5) is 0 Å². The van der Waals surface area contributed by atoms with Crippen molar-refractivity contribution >= 4 is 5.78 Å². The summed E-state index contributed by atoms with van der Waals surface area (Å²) in [5.41, 5.74) is 0.911. The fourth-order valence-corrected chi connectivity index (χ4v) is 7.10. The van der Waals surface area contributed by atoms with E-state index in [1.165, 1.54) is 19.3 Å². The minimum atomic E-state index is -0.125. The van der Waals surface area contributed by atoms with Gasteiger partial charge in [0, 0.05) is 12.0 Å². The van der Waals surface area contributed by atoms with E-state index in [0.29, 0.717) is 35.7 Å². The zero-order valence-electron chi connectivity index (χ0n) is 14.4. The van der Waals surface area contributed by atoms with Gasteiger partial charge in [-0.05, 0) is 79.4 Å². The van der Waals surface area contributed by atoms with Gasteiger partial charge in [0.25, 0.3) is 0 Å². The lowest BCUT2D eigenvalue weighted by Crippen LogP contribution is -2.54. The maximum atomic E-state index is 12.2. The number of fused-ring (bicyclic) bond motifs is 5. The number of aliphatic hydroxyl groups excluding tert-OH is 2. The summed E-state index contributed by atoms with van der Waals surface area (Å²) in [5, 5.41) is 20.0. The molecular formula is C20H30O3. The van der Waals surface area contributed by atoms with Gasteiger partial charge in [0.2, 0.25) is 0 Å². The number of carbonyl (C=O) groups is 1. The second-order valence-electron chi connectivity index (χ2n) is 9.25. The molecule has 128 valence electrons. The highest BCUT2D eigenvalue weighted by Gasteiger charge is 2.60. The Morgan fingerprint density at radius 2 is 1.78 bits per heavy atom. The number of Topliss-reactive ketones (excluding diaryl/α,β-unsaturated/α-hetero) is 1. The van der Waals surface area contributed by atoms with Crippen molar-refractivity contribution in [2.45, 2.75) is 71.3 Å². The van der Waals surface area contributed by atoms with Crippen LogP contribution in [0.5, 0.6) is 0 Å². The lowest BCUT2D eigenvalue weighted by molar-refractivity contribution is -0.135. The third-order valence-corrected chi connectivity index (χ3v) is 8.53. The second kappa shape index (κ2) is 5.08. The minimum Gasteiger partial charge on any atom is -0.515 e. The molecule has 3 nitrogen and oxygen atoms in total. The lowest BCUT2D eigenvalue weighted by Gasteiger charge is -2.60. The molecule has 0 spiro atoms. The quantitative estimate of drug-likeness (QED) is 0.524. The standard InChI is InChI=1S/C20H30O3/c1-19-8-7-16-14(15(19)5-6-18(19)23)4-3-13-9-17(22)12(11-21)10-20(13,16)2/h11,13-16,18,21,23H,3-10H2,1-2H3/b12-11+/t13-,14+,15-,16+,18-,19-,20-/m0/s1. The van der Waals surface area contributed by atoms with E-state index in [1.807, 2.05) is 0 Å². The summed E-state index contributed by atoms with van der Waals surface area (Å²) < 4.78 is 0. The van der Waals surface area contributed by atoms with E-state index >= 15 is 0 Å². The molecule has 4 fully saturated rings. The minimum absolute atomic E-state index is 0.116. The molecule has 4 rings (SSSR count). The first-order valence-corrected chi connectivity index (χ1v) is 9.44. The zero-order chi connectivity index (χ0) is 16.4. The number of hydrogen-bond acceptors (Lipinski definition) is 3. The van der Waals surface area contributed by atoms with Gasteiger partial charge in [-0.25, -0.2) is 0 Å². The Morgan fingerprint density at radius 3 is 2.52 bits per heavy atom. The summed E-state index contributed by atoms with van der Waals surface area (Å²) in [5.74, 6) is 2.63. The van der Waals surface area contributed by atoms with Crippen molar-refractivity contribution < 1.29 is 15.0 Å². The Kier molecular flexibility index (Phi) is 3.46. The van der Waals surface area contributed by atoms with Gasteiger partial charge in [-0.1, -0.05) is 13.8 Å². The molecule has 4 aliphatic rings. The number of carbonyl (C=O) groups excluding carboxylic acids is 1. The molecule has 0 aliphatic heterocycles. The Hall–Kier alpha value is -0.830. The molecule has 23 heavy (non-hydrogen) atoms. The molecule has 4 aliphatic carbocycles. The normalized spacial score (nSPS) is 54.5. The van der Waals surface area contributed by atoms with Gasteiger partial charge < -0.3 is 10.2 Å². The van der Waals surface area contributed by atoms with E-state index in [2.05, 4.69) is 13.8 Å². The SMILES string of the molecule is C[C@]12C/C(=C\O)C(=O)C[C@@H]1CC[C@H]1[C@H]2CC[C@]2(C)[C@@H](O)CC[C@@H]12. The molecular weight excluding hydrogens is 288 g/mol. The van der Waals surface area contributed by atoms with Crippen molar-refractivity contribution in [1.82, 2.24) is 0 Å². The molecule has 0 radical (unpaired) electrons. The fourth-order valence-electron chi connectivity index (χ4n) is 7.10. The van der Waals surface area contributed by atoms with E-state index < -0.39 is 0 Å². The predicted molar refractivity (Wildman–Crippen MR) is 88.8 cm³/mol. The molecule has 7 atom stereocenters. The maximum Gasteiger partial charge on any atom is 0.162 e. The van der Waals surface area contributed by atoms with Crippen molar-refractivity contribution in [3.63, 3.8) is 0 Å². The number of allylic oxidation sites excluding steroid dienone is 1. The molecule has 3 heteroatoms. The summed E-state index contributed by atoms with van der Waals surface area (Å²) in [7, 11) is 0. The van der Waals surface area contributed by atoms with E-state index in [0.717, 1.165) is 31.9 Å². The van der Waals surface area contributed by atoms with Crippen LogP contribution in [-0.2, 0) is 4.79 Å². The molecule has 2 N–H and O–H groups in total. The third kappa shape index (κ3) is 2.01. The topological polar surface area (TPSA) is 57.5 Å². The summed E-state index contributed by atoms with van der Waals surface area (Å²) >= 11 is 0. The van der Waals surface area contributed by atoms with Crippen LogP contribution in [0.3, 0.4) is 0 Å². The first kappa shape index (κ1) is 15.7. The molecule has 0 aromatic heterocycles. The number of ketones is 1. The first-order chi connectivity index (χ1) is 10.9. The summed E-state index contributed by atoms with van der Waals surface area (Å²) in [4.78, 5) is 12.2. The van der Waals surface area contributed by atoms with Gasteiger partial charge in [0.1, 0.15) is 0 Å². The van der Waals surface area contributed by atoms with Crippen LogP contribution in [0.25, 0.3) is 0 Å². The molecule has 0 heterocycles. The van der Waals surface area contributed by atoms with Crippen molar-refractivity contribution in [3.05, 3.63) is 11.8 Å². The number of rotatable bonds is 0. The maximum absolute atomic E-state index is 12.2. The van der Waals surface area contributed by atoms with E-state index in [9.17, 15) is 15.0 Å². The fraction of sp³-hybridized carbons (Fsp3) is 0.850. The number of hydrogen-bond donors (Lipinski definition) is 2. The second-order valence-corrected chi connectivity index (χ2v) is 9.25. The molecule has 0 saturated heterocycles. The molecule has 0 aromatic rings. The Morgan fingerprint density at radius 1 is 1.04 bits per heavy atom. The summed E-state index contributed by atoms with van der Waals surface area (Å²) in [6.45, 7) is 4.68. The summed E-state index contributed by atoms with van der Waals surface area (Å²) in [6.07, 6.45) is 9.11. The van der Waals surface area contributed by atoms with Gasteiger partial charge in [-0.15, -0.1) is 0 Å². The van der Waals surface area contributed by atoms with Crippen LogP contribution in [0.15, 0.2) is 11.8 Å². The van der Waals surface area contributed by atoms with E-state index in [4.69, 9.17) is 0 Å². The van der Waals surface area contributed by atoms with Gasteiger partial charge >= 0.3 is 0 Å². The third-order valence-electron chi connectivity index (χ3n) is 8.53. The Balaban J connectivity index is 1.66. The molecule has 0 bridgehead atoms. The highest BCUT2D eigenvalue weighted by Crippen LogP contribution is 2.66. The number of aliphatic hydroxyl groups is 2. The van der Waals surface area contributed by atoms with Gasteiger partial charge in [0.15, 0.2) is 5.78 Å². The van der Waals surface area contributed by atoms with Crippen LogP contribution in [-0.4, -0.2) is 22.1 Å². The predicted octanol–water partition coefficient (Wildman–Crippen LogP) is 4.01. The average Bonchev–Trinajstić information content (AvgIpc) is 2.83.